The minimum Gasteiger partial charge on any atom is -0.384 e. The Kier molecular flexibility index (Phi) is 4.01. The van der Waals surface area contributed by atoms with Crippen molar-refractivity contribution in [3.8, 4) is 0 Å². The number of aromatic nitrogens is 1. The van der Waals surface area contributed by atoms with Crippen LogP contribution in [0.15, 0.2) is 30.5 Å². The van der Waals surface area contributed by atoms with Crippen molar-refractivity contribution in [3.05, 3.63) is 36.0 Å². The number of benzene rings is 1. The lowest BCUT2D eigenvalue weighted by atomic mass is 10.1. The van der Waals surface area contributed by atoms with Gasteiger partial charge in [0.05, 0.1) is 16.8 Å². The minimum absolute atomic E-state index is 0.0922. The van der Waals surface area contributed by atoms with Crippen molar-refractivity contribution in [3.63, 3.8) is 0 Å². The molecule has 0 aliphatic carbocycles. The lowest BCUT2D eigenvalue weighted by Crippen LogP contribution is -2.39. The van der Waals surface area contributed by atoms with Crippen molar-refractivity contribution in [2.75, 3.05) is 23.7 Å². The zero-order valence-corrected chi connectivity index (χ0v) is 13.0. The summed E-state index contributed by atoms with van der Waals surface area (Å²) in [5.41, 5.74) is 8.57. The van der Waals surface area contributed by atoms with Gasteiger partial charge in [0.1, 0.15) is 5.84 Å². The fourth-order valence-corrected chi connectivity index (χ4v) is 4.01. The van der Waals surface area contributed by atoms with Gasteiger partial charge in [0.2, 0.25) is 0 Å². The van der Waals surface area contributed by atoms with Crippen molar-refractivity contribution < 1.29 is 0 Å². The highest BCUT2D eigenvalue weighted by atomic mass is 32.2. The molecule has 3 rings (SSSR count). The van der Waals surface area contributed by atoms with E-state index in [1.54, 1.807) is 6.20 Å². The number of pyridine rings is 1. The smallest absolute Gasteiger partial charge is 0.126 e. The van der Waals surface area contributed by atoms with Gasteiger partial charge >= 0.3 is 0 Å². The SMILES string of the molecule is CCC1CN(c2c(C(=N)N)cnc3ccccc23)CCS1. The van der Waals surface area contributed by atoms with E-state index in [1.807, 2.05) is 30.0 Å². The van der Waals surface area contributed by atoms with Gasteiger partial charge in [-0.3, -0.25) is 10.4 Å². The molecule has 0 saturated carbocycles. The number of amidine groups is 1. The summed E-state index contributed by atoms with van der Waals surface area (Å²) in [6, 6.07) is 8.10. The number of nitrogens with zero attached hydrogens (tertiary/aromatic N) is 2. The second kappa shape index (κ2) is 5.93. The Morgan fingerprint density at radius 1 is 1.48 bits per heavy atom. The summed E-state index contributed by atoms with van der Waals surface area (Å²) in [6.45, 7) is 4.24. The average molecular weight is 300 g/mol. The minimum atomic E-state index is 0.0922. The van der Waals surface area contributed by atoms with Crippen LogP contribution < -0.4 is 10.6 Å². The molecule has 1 saturated heterocycles. The maximum Gasteiger partial charge on any atom is 0.126 e. The first-order valence-corrected chi connectivity index (χ1v) is 8.34. The summed E-state index contributed by atoms with van der Waals surface area (Å²) in [4.78, 5) is 6.82. The Hall–Kier alpha value is -1.75. The molecule has 4 nitrogen and oxygen atoms in total. The van der Waals surface area contributed by atoms with Crippen molar-refractivity contribution in [2.24, 2.45) is 5.73 Å². The normalized spacial score (nSPS) is 18.9. The largest absolute Gasteiger partial charge is 0.384 e. The van der Waals surface area contributed by atoms with Crippen LogP contribution in [-0.2, 0) is 0 Å². The molecular weight excluding hydrogens is 280 g/mol. The monoisotopic (exact) mass is 300 g/mol. The van der Waals surface area contributed by atoms with Gasteiger partial charge in [0.25, 0.3) is 0 Å². The van der Waals surface area contributed by atoms with Gasteiger partial charge in [-0.25, -0.2) is 0 Å². The van der Waals surface area contributed by atoms with Crippen molar-refractivity contribution in [2.45, 2.75) is 18.6 Å². The molecule has 2 heterocycles. The van der Waals surface area contributed by atoms with Crippen LogP contribution in [0.1, 0.15) is 18.9 Å². The van der Waals surface area contributed by atoms with Crippen molar-refractivity contribution >= 4 is 34.2 Å². The third-order valence-corrected chi connectivity index (χ3v) is 5.32. The quantitative estimate of drug-likeness (QED) is 0.676. The zero-order valence-electron chi connectivity index (χ0n) is 12.2. The van der Waals surface area contributed by atoms with Crippen LogP contribution in [0.4, 0.5) is 5.69 Å². The number of anilines is 1. The number of nitrogen functional groups attached to an aromatic ring is 1. The van der Waals surface area contributed by atoms with Crippen LogP contribution in [0.25, 0.3) is 10.9 Å². The predicted molar refractivity (Wildman–Crippen MR) is 91.5 cm³/mol. The molecule has 0 radical (unpaired) electrons. The van der Waals surface area contributed by atoms with Crippen LogP contribution in [0.2, 0.25) is 0 Å². The predicted octanol–water partition coefficient (Wildman–Crippen LogP) is 2.85. The van der Waals surface area contributed by atoms with Gasteiger partial charge in [0.15, 0.2) is 0 Å². The van der Waals surface area contributed by atoms with Gasteiger partial charge in [-0.1, -0.05) is 25.1 Å². The van der Waals surface area contributed by atoms with Crippen LogP contribution in [0.3, 0.4) is 0 Å². The summed E-state index contributed by atoms with van der Waals surface area (Å²) < 4.78 is 0. The number of para-hydroxylation sites is 1. The van der Waals surface area contributed by atoms with E-state index in [9.17, 15) is 0 Å². The van der Waals surface area contributed by atoms with Crippen molar-refractivity contribution in [1.82, 2.24) is 4.98 Å². The van der Waals surface area contributed by atoms with E-state index in [0.717, 1.165) is 41.0 Å². The van der Waals surface area contributed by atoms with Gasteiger partial charge in [-0.2, -0.15) is 11.8 Å². The lowest BCUT2D eigenvalue weighted by molar-refractivity contribution is 0.729. The topological polar surface area (TPSA) is 66.0 Å². The maximum atomic E-state index is 7.87. The highest BCUT2D eigenvalue weighted by Crippen LogP contribution is 2.33. The van der Waals surface area contributed by atoms with Crippen LogP contribution in [0, 0.1) is 5.41 Å². The average Bonchev–Trinajstić information content (AvgIpc) is 2.53. The standard InChI is InChI=1S/C16H20N4S/c1-2-11-10-20(7-8-21-11)15-12-5-3-4-6-14(12)19-9-13(15)16(17)18/h3-6,9,11H,2,7-8,10H2,1H3,(H3,17,18). The Bertz CT molecular complexity index is 670. The summed E-state index contributed by atoms with van der Waals surface area (Å²) in [6.07, 6.45) is 2.91. The van der Waals surface area contributed by atoms with E-state index >= 15 is 0 Å². The number of nitrogens with two attached hydrogens (primary N) is 1. The molecule has 1 aliphatic rings. The summed E-state index contributed by atoms with van der Waals surface area (Å²) in [5, 5.41) is 9.60. The van der Waals surface area contributed by atoms with E-state index < -0.39 is 0 Å². The molecule has 3 N–H and O–H groups in total. The molecule has 1 aliphatic heterocycles. The first-order valence-electron chi connectivity index (χ1n) is 7.29. The highest BCUT2D eigenvalue weighted by molar-refractivity contribution is 8.00. The lowest BCUT2D eigenvalue weighted by Gasteiger charge is -2.35. The molecule has 1 aromatic heterocycles. The second-order valence-corrected chi connectivity index (χ2v) is 6.71. The summed E-state index contributed by atoms with van der Waals surface area (Å²) in [5.74, 6) is 1.21. The zero-order chi connectivity index (χ0) is 14.8. The molecule has 0 bridgehead atoms. The molecule has 0 spiro atoms. The second-order valence-electron chi connectivity index (χ2n) is 5.30. The molecule has 0 amide bonds. The Morgan fingerprint density at radius 2 is 2.29 bits per heavy atom. The van der Waals surface area contributed by atoms with E-state index in [-0.39, 0.29) is 5.84 Å². The van der Waals surface area contributed by atoms with Crippen LogP contribution >= 0.6 is 11.8 Å². The number of hydrogen-bond donors (Lipinski definition) is 2. The molecule has 110 valence electrons. The molecular formula is C16H20N4S. The summed E-state index contributed by atoms with van der Waals surface area (Å²) in [7, 11) is 0. The highest BCUT2D eigenvalue weighted by Gasteiger charge is 2.23. The summed E-state index contributed by atoms with van der Waals surface area (Å²) >= 11 is 2.04. The molecule has 1 aromatic carbocycles. The maximum absolute atomic E-state index is 7.87. The van der Waals surface area contributed by atoms with Gasteiger partial charge in [-0.15, -0.1) is 0 Å². The van der Waals surface area contributed by atoms with E-state index in [4.69, 9.17) is 11.1 Å². The van der Waals surface area contributed by atoms with E-state index in [2.05, 4.69) is 22.9 Å². The third kappa shape index (κ3) is 2.70. The molecule has 1 unspecified atom stereocenters. The fourth-order valence-electron chi connectivity index (χ4n) is 2.83. The van der Waals surface area contributed by atoms with Crippen LogP contribution in [-0.4, -0.2) is 34.9 Å². The number of hydrogen-bond acceptors (Lipinski definition) is 4. The van der Waals surface area contributed by atoms with E-state index in [1.165, 1.54) is 6.42 Å². The van der Waals surface area contributed by atoms with E-state index in [0.29, 0.717) is 5.25 Å². The molecule has 1 atom stereocenters. The molecule has 21 heavy (non-hydrogen) atoms. The van der Waals surface area contributed by atoms with Crippen molar-refractivity contribution in [1.29, 1.82) is 5.41 Å². The Labute approximate surface area is 129 Å². The fraction of sp³-hybridized carbons (Fsp3) is 0.375. The first-order chi connectivity index (χ1) is 10.2. The number of thioether (sulfide) groups is 1. The Balaban J connectivity index is 2.14. The molecule has 2 aromatic rings. The van der Waals surface area contributed by atoms with Gasteiger partial charge in [-0.05, 0) is 12.5 Å². The molecule has 1 fully saturated rings. The first kappa shape index (κ1) is 14.2. The number of nitrogens with one attached hydrogen (secondary N) is 1. The number of fused-ring (bicyclic) bond motifs is 1. The van der Waals surface area contributed by atoms with Gasteiger partial charge in [0, 0.05) is 35.7 Å². The van der Waals surface area contributed by atoms with Crippen LogP contribution in [0.5, 0.6) is 0 Å². The number of rotatable bonds is 3. The third-order valence-electron chi connectivity index (χ3n) is 3.95. The molecule has 5 heteroatoms. The van der Waals surface area contributed by atoms with Gasteiger partial charge < -0.3 is 10.6 Å². The Morgan fingerprint density at radius 3 is 3.05 bits per heavy atom.